The highest BCUT2D eigenvalue weighted by Crippen LogP contribution is 2.11. The summed E-state index contributed by atoms with van der Waals surface area (Å²) in [5.74, 6) is 0. The summed E-state index contributed by atoms with van der Waals surface area (Å²) in [7, 11) is 0. The molecule has 0 heterocycles. The summed E-state index contributed by atoms with van der Waals surface area (Å²) in [5, 5.41) is 0. The minimum atomic E-state index is 0. The van der Waals surface area contributed by atoms with E-state index in [0.717, 1.165) is 6.42 Å². The van der Waals surface area contributed by atoms with Gasteiger partial charge in [-0.25, -0.2) is 0 Å². The van der Waals surface area contributed by atoms with E-state index in [4.69, 9.17) is 0 Å². The molecule has 0 unspecified atom stereocenters. The van der Waals surface area contributed by atoms with Crippen molar-refractivity contribution in [3.63, 3.8) is 0 Å². The number of hydrogen-bond donors (Lipinski definition) is 0. The lowest BCUT2D eigenvalue weighted by atomic mass is 10.0. The quantitative estimate of drug-likeness (QED) is 0.438. The fraction of sp³-hybridized carbons (Fsp3) is 0.308. The first-order chi connectivity index (χ1) is 11.0. The minimum absolute atomic E-state index is 0. The molecule has 0 N–H and O–H groups in total. The number of rotatable bonds is 2. The van der Waals surface area contributed by atoms with Gasteiger partial charge in [0.05, 0.1) is 0 Å². The molecule has 3 aromatic rings. The van der Waals surface area contributed by atoms with Crippen LogP contribution in [0.25, 0.3) is 0 Å². The van der Waals surface area contributed by atoms with Gasteiger partial charge in [0, 0.05) is 0 Å². The number of hydrogen-bond acceptors (Lipinski definition) is 0. The standard InChI is InChI=1S/C15H16.C8H10.3CH4/c1-12-3-7-14(8-4-12)11-15-9-5-13(2)6-10-15;1-7-3-5-8(2)6-4-7;;;/h3-10H,11H2,1-2H3;3-6H,1-2H3;3*1H4. The lowest BCUT2D eigenvalue weighted by Crippen LogP contribution is -1.88. The molecule has 3 rings (SSSR count). The molecule has 0 saturated heterocycles. The number of benzene rings is 3. The highest BCUT2D eigenvalue weighted by atomic mass is 14.0. The second kappa shape index (κ2) is 12.9. The van der Waals surface area contributed by atoms with Crippen LogP contribution < -0.4 is 0 Å². The predicted molar refractivity (Wildman–Crippen MR) is 121 cm³/mol. The van der Waals surface area contributed by atoms with Crippen molar-refractivity contribution < 1.29 is 0 Å². The van der Waals surface area contributed by atoms with Gasteiger partial charge in [0.15, 0.2) is 0 Å². The average molecular weight is 351 g/mol. The fourth-order valence-corrected chi connectivity index (χ4v) is 2.28. The highest BCUT2D eigenvalue weighted by Gasteiger charge is 1.95. The maximum absolute atomic E-state index is 2.20. The van der Waals surface area contributed by atoms with E-state index in [1.807, 2.05) is 0 Å². The second-order valence-electron chi connectivity index (χ2n) is 6.30. The molecule has 0 saturated carbocycles. The Hall–Kier alpha value is -2.34. The SMILES string of the molecule is C.C.C.Cc1ccc(C)cc1.Cc1ccc(Cc2ccc(C)cc2)cc1. The van der Waals surface area contributed by atoms with E-state index in [9.17, 15) is 0 Å². The van der Waals surface area contributed by atoms with Gasteiger partial charge in [-0.05, 0) is 45.2 Å². The van der Waals surface area contributed by atoms with E-state index in [2.05, 4.69) is 100 Å². The van der Waals surface area contributed by atoms with Crippen LogP contribution in [0, 0.1) is 27.7 Å². The molecule has 0 heteroatoms. The Morgan fingerprint density at radius 1 is 0.385 bits per heavy atom. The first-order valence-corrected chi connectivity index (χ1v) is 8.17. The van der Waals surface area contributed by atoms with Crippen LogP contribution in [0.3, 0.4) is 0 Å². The zero-order valence-electron chi connectivity index (χ0n) is 14.6. The molecule has 0 aliphatic carbocycles. The molecule has 3 aromatic carbocycles. The van der Waals surface area contributed by atoms with Crippen LogP contribution in [0.1, 0.15) is 55.7 Å². The molecule has 142 valence electrons. The second-order valence-corrected chi connectivity index (χ2v) is 6.30. The van der Waals surface area contributed by atoms with E-state index in [-0.39, 0.29) is 22.3 Å². The maximum Gasteiger partial charge on any atom is -0.00258 e. The summed E-state index contributed by atoms with van der Waals surface area (Å²) in [6.45, 7) is 8.43. The smallest absolute Gasteiger partial charge is 0.00258 e. The van der Waals surface area contributed by atoms with Crippen molar-refractivity contribution in [2.24, 2.45) is 0 Å². The number of aryl methyl sites for hydroxylation is 4. The minimum Gasteiger partial charge on any atom is -0.0776 e. The van der Waals surface area contributed by atoms with Crippen molar-refractivity contribution in [2.75, 3.05) is 0 Å². The topological polar surface area (TPSA) is 0 Å². The van der Waals surface area contributed by atoms with Gasteiger partial charge >= 0.3 is 0 Å². The molecule has 0 amide bonds. The van der Waals surface area contributed by atoms with Crippen LogP contribution in [0.15, 0.2) is 72.8 Å². The van der Waals surface area contributed by atoms with Crippen molar-refractivity contribution in [1.29, 1.82) is 0 Å². The maximum atomic E-state index is 2.20. The molecule has 0 radical (unpaired) electrons. The normalized spacial score (nSPS) is 8.77. The van der Waals surface area contributed by atoms with E-state index < -0.39 is 0 Å². The fourth-order valence-electron chi connectivity index (χ4n) is 2.28. The van der Waals surface area contributed by atoms with E-state index in [0.29, 0.717) is 0 Å². The predicted octanol–water partition coefficient (Wildman–Crippen LogP) is 8.11. The lowest BCUT2D eigenvalue weighted by Gasteiger charge is -2.03. The Morgan fingerprint density at radius 2 is 0.577 bits per heavy atom. The van der Waals surface area contributed by atoms with Gasteiger partial charge in [-0.2, -0.15) is 0 Å². The van der Waals surface area contributed by atoms with Crippen molar-refractivity contribution >= 4 is 0 Å². The zero-order valence-corrected chi connectivity index (χ0v) is 14.6. The van der Waals surface area contributed by atoms with Crippen LogP contribution in [0.4, 0.5) is 0 Å². The van der Waals surface area contributed by atoms with Crippen LogP contribution in [0.5, 0.6) is 0 Å². The Bertz CT molecular complexity index is 637. The van der Waals surface area contributed by atoms with Crippen molar-refractivity contribution in [3.8, 4) is 0 Å². The molecule has 0 aliphatic heterocycles. The summed E-state index contributed by atoms with van der Waals surface area (Å²) in [6, 6.07) is 26.0. The molecular formula is C26H38. The molecule has 0 aliphatic rings. The van der Waals surface area contributed by atoms with E-state index in [1.54, 1.807) is 0 Å². The Labute approximate surface area is 162 Å². The van der Waals surface area contributed by atoms with Crippen LogP contribution in [0.2, 0.25) is 0 Å². The van der Waals surface area contributed by atoms with Gasteiger partial charge < -0.3 is 0 Å². The molecule has 0 fully saturated rings. The van der Waals surface area contributed by atoms with Gasteiger partial charge in [0.25, 0.3) is 0 Å². The van der Waals surface area contributed by atoms with Crippen molar-refractivity contribution in [3.05, 3.63) is 106 Å². The van der Waals surface area contributed by atoms with E-state index >= 15 is 0 Å². The Balaban J connectivity index is 0. The monoisotopic (exact) mass is 350 g/mol. The summed E-state index contributed by atoms with van der Waals surface area (Å²) in [4.78, 5) is 0. The molecule has 26 heavy (non-hydrogen) atoms. The third kappa shape index (κ3) is 9.22. The van der Waals surface area contributed by atoms with Crippen LogP contribution in [-0.4, -0.2) is 0 Å². The van der Waals surface area contributed by atoms with Gasteiger partial charge in [-0.3, -0.25) is 0 Å². The van der Waals surface area contributed by atoms with Crippen molar-refractivity contribution in [1.82, 2.24) is 0 Å². The Kier molecular flexibility index (Phi) is 12.9. The summed E-state index contributed by atoms with van der Waals surface area (Å²) in [6.07, 6.45) is 1.03. The van der Waals surface area contributed by atoms with Crippen LogP contribution >= 0.6 is 0 Å². The first-order valence-electron chi connectivity index (χ1n) is 8.17. The molecule has 0 atom stereocenters. The largest absolute Gasteiger partial charge is 0.0776 e. The van der Waals surface area contributed by atoms with E-state index in [1.165, 1.54) is 33.4 Å². The summed E-state index contributed by atoms with van der Waals surface area (Å²) < 4.78 is 0. The highest BCUT2D eigenvalue weighted by molar-refractivity contribution is 5.29. The molecule has 0 spiro atoms. The summed E-state index contributed by atoms with van der Waals surface area (Å²) >= 11 is 0. The average Bonchev–Trinajstić information content (AvgIpc) is 2.55. The molecular weight excluding hydrogens is 312 g/mol. The van der Waals surface area contributed by atoms with Crippen LogP contribution in [-0.2, 0) is 6.42 Å². The zero-order chi connectivity index (χ0) is 16.7. The van der Waals surface area contributed by atoms with Gasteiger partial charge in [-0.1, -0.05) is 117 Å². The van der Waals surface area contributed by atoms with Crippen molar-refractivity contribution in [2.45, 2.75) is 56.4 Å². The Morgan fingerprint density at radius 3 is 0.808 bits per heavy atom. The molecule has 0 bridgehead atoms. The van der Waals surface area contributed by atoms with Gasteiger partial charge in [0.1, 0.15) is 0 Å². The first kappa shape index (κ1) is 25.9. The summed E-state index contributed by atoms with van der Waals surface area (Å²) in [5.41, 5.74) is 8.06. The lowest BCUT2D eigenvalue weighted by molar-refractivity contribution is 1.18. The molecule has 0 aromatic heterocycles. The van der Waals surface area contributed by atoms with Gasteiger partial charge in [-0.15, -0.1) is 0 Å². The molecule has 0 nitrogen and oxygen atoms in total. The third-order valence-electron chi connectivity index (χ3n) is 3.87. The third-order valence-corrected chi connectivity index (χ3v) is 3.87. The van der Waals surface area contributed by atoms with Gasteiger partial charge in [0.2, 0.25) is 0 Å².